The molecule has 0 aliphatic heterocycles. The predicted octanol–water partition coefficient (Wildman–Crippen LogP) is 19.9. The summed E-state index contributed by atoms with van der Waals surface area (Å²) in [5.74, 6) is -0.942. The lowest BCUT2D eigenvalue weighted by molar-refractivity contribution is -0.167. The second-order valence-corrected chi connectivity index (χ2v) is 19.2. The zero-order valence-corrected chi connectivity index (χ0v) is 46.2. The Kier molecular flexibility index (Phi) is 55.4. The van der Waals surface area contributed by atoms with Crippen LogP contribution in [0.5, 0.6) is 0 Å². The van der Waals surface area contributed by atoms with Crippen LogP contribution >= 0.6 is 0 Å². The number of hydrogen-bond donors (Lipinski definition) is 0. The van der Waals surface area contributed by atoms with E-state index in [2.05, 4.69) is 130 Å². The van der Waals surface area contributed by atoms with Crippen molar-refractivity contribution in [3.8, 4) is 0 Å². The monoisotopic (exact) mass is 985 g/mol. The van der Waals surface area contributed by atoms with Crippen molar-refractivity contribution >= 4 is 17.9 Å². The Morgan fingerprint density at radius 2 is 0.592 bits per heavy atom. The van der Waals surface area contributed by atoms with Crippen LogP contribution in [0.25, 0.3) is 0 Å². The molecule has 0 heterocycles. The molecule has 1 atom stereocenters. The highest BCUT2D eigenvalue weighted by Crippen LogP contribution is 2.15. The molecule has 0 bridgehead atoms. The molecule has 0 aliphatic rings. The number of esters is 3. The average molecular weight is 986 g/mol. The first-order valence-corrected chi connectivity index (χ1v) is 29.4. The molecule has 0 N–H and O–H groups in total. The van der Waals surface area contributed by atoms with Crippen LogP contribution in [0, 0.1) is 0 Å². The molecule has 6 heteroatoms. The van der Waals surface area contributed by atoms with Gasteiger partial charge in [0.05, 0.1) is 0 Å². The zero-order valence-electron chi connectivity index (χ0n) is 46.2. The molecule has 1 unspecified atom stereocenters. The van der Waals surface area contributed by atoms with Crippen LogP contribution in [-0.4, -0.2) is 37.2 Å². The van der Waals surface area contributed by atoms with Gasteiger partial charge in [-0.1, -0.05) is 239 Å². The van der Waals surface area contributed by atoms with Crippen molar-refractivity contribution in [3.63, 3.8) is 0 Å². The Bertz CT molecular complexity index is 1460. The quantitative estimate of drug-likeness (QED) is 0.0199. The molecular formula is C65H108O6. The number of rotatable bonds is 52. The Morgan fingerprint density at radius 3 is 0.958 bits per heavy atom. The first-order valence-electron chi connectivity index (χ1n) is 29.4. The van der Waals surface area contributed by atoms with Gasteiger partial charge >= 0.3 is 17.9 Å². The summed E-state index contributed by atoms with van der Waals surface area (Å²) in [5, 5.41) is 0. The smallest absolute Gasteiger partial charge is 0.306 e. The molecule has 0 aromatic heterocycles. The normalized spacial score (nSPS) is 12.9. The minimum absolute atomic E-state index is 0.0974. The number of unbranched alkanes of at least 4 members (excludes halogenated alkanes) is 25. The molecule has 0 amide bonds. The van der Waals surface area contributed by atoms with Gasteiger partial charge in [-0.05, 0) is 116 Å². The van der Waals surface area contributed by atoms with Gasteiger partial charge < -0.3 is 14.2 Å². The molecule has 0 radical (unpaired) electrons. The van der Waals surface area contributed by atoms with Gasteiger partial charge in [-0.3, -0.25) is 14.4 Å². The largest absolute Gasteiger partial charge is 0.462 e. The van der Waals surface area contributed by atoms with E-state index in [0.29, 0.717) is 19.3 Å². The summed E-state index contributed by atoms with van der Waals surface area (Å²) in [6.45, 7) is 6.43. The predicted molar refractivity (Wildman–Crippen MR) is 307 cm³/mol. The standard InChI is InChI=1S/C65H108O6/c1-4-7-10-13-16-19-22-25-28-30-32-34-37-40-43-46-49-52-55-58-64(67)70-61-62(60-69-63(66)57-54-51-48-45-42-39-36-27-24-21-18-15-12-9-6-3)71-65(68)59-56-53-50-47-44-41-38-35-33-31-29-26-23-20-17-14-11-8-5-2/h7,10,16-21,23-28,32,34,40,43,62H,4-6,8-9,11-15,22,29-31,33,35-39,41-42,44-61H2,1-3H3/b10-7-,19-16-,20-17-,21-18-,26-23-,27-24-,28-25-,34-32-,43-40-. The molecule has 0 saturated carbocycles. The summed E-state index contributed by atoms with van der Waals surface area (Å²) in [5.41, 5.74) is 0. The summed E-state index contributed by atoms with van der Waals surface area (Å²) in [6.07, 6.45) is 79.3. The SMILES string of the molecule is CC/C=C\C/C=C\C/C=C\C/C=C\C/C=C\CCCCCC(=O)OCC(COC(=O)CCCCCCCC/C=C\C=C/CCCCC)OC(=O)CCCCCCCCCCCC/C=C\C=C/CCCCC. The molecule has 0 aromatic carbocycles. The van der Waals surface area contributed by atoms with E-state index in [1.165, 1.54) is 122 Å². The van der Waals surface area contributed by atoms with E-state index < -0.39 is 6.10 Å². The first-order chi connectivity index (χ1) is 35.0. The fourth-order valence-electron chi connectivity index (χ4n) is 7.86. The van der Waals surface area contributed by atoms with Crippen LogP contribution < -0.4 is 0 Å². The third-order valence-corrected chi connectivity index (χ3v) is 12.3. The van der Waals surface area contributed by atoms with E-state index in [0.717, 1.165) is 103 Å². The minimum Gasteiger partial charge on any atom is -0.462 e. The lowest BCUT2D eigenvalue weighted by Crippen LogP contribution is -2.30. The maximum Gasteiger partial charge on any atom is 0.306 e. The van der Waals surface area contributed by atoms with Crippen molar-refractivity contribution in [2.75, 3.05) is 13.2 Å². The molecule has 0 fully saturated rings. The molecular weight excluding hydrogens is 877 g/mol. The van der Waals surface area contributed by atoms with E-state index in [1.807, 2.05) is 0 Å². The topological polar surface area (TPSA) is 78.9 Å². The lowest BCUT2D eigenvalue weighted by atomic mass is 10.1. The highest BCUT2D eigenvalue weighted by molar-refractivity contribution is 5.71. The molecule has 0 spiro atoms. The Morgan fingerprint density at radius 1 is 0.310 bits per heavy atom. The van der Waals surface area contributed by atoms with Crippen LogP contribution in [0.4, 0.5) is 0 Å². The van der Waals surface area contributed by atoms with Crippen molar-refractivity contribution in [3.05, 3.63) is 109 Å². The van der Waals surface area contributed by atoms with Crippen LogP contribution in [0.1, 0.15) is 265 Å². The van der Waals surface area contributed by atoms with E-state index in [4.69, 9.17) is 14.2 Å². The summed E-state index contributed by atoms with van der Waals surface area (Å²) >= 11 is 0. The van der Waals surface area contributed by atoms with E-state index in [1.54, 1.807) is 0 Å². The van der Waals surface area contributed by atoms with Gasteiger partial charge in [-0.25, -0.2) is 0 Å². The Hall–Kier alpha value is -3.93. The van der Waals surface area contributed by atoms with E-state index >= 15 is 0 Å². The highest BCUT2D eigenvalue weighted by Gasteiger charge is 2.19. The van der Waals surface area contributed by atoms with Crippen molar-refractivity contribution in [2.24, 2.45) is 0 Å². The molecule has 6 nitrogen and oxygen atoms in total. The number of ether oxygens (including phenoxy) is 3. The van der Waals surface area contributed by atoms with Crippen molar-refractivity contribution in [1.82, 2.24) is 0 Å². The summed E-state index contributed by atoms with van der Waals surface area (Å²) in [7, 11) is 0. The molecule has 0 saturated heterocycles. The van der Waals surface area contributed by atoms with Gasteiger partial charge in [-0.15, -0.1) is 0 Å². The third kappa shape index (κ3) is 56.9. The van der Waals surface area contributed by atoms with Crippen molar-refractivity contribution in [2.45, 2.75) is 271 Å². The number of carbonyl (C=O) groups is 3. The average Bonchev–Trinajstić information content (AvgIpc) is 3.37. The number of carbonyl (C=O) groups excluding carboxylic acids is 3. The maximum absolute atomic E-state index is 12.9. The lowest BCUT2D eigenvalue weighted by Gasteiger charge is -2.18. The van der Waals surface area contributed by atoms with Crippen LogP contribution in [0.15, 0.2) is 109 Å². The van der Waals surface area contributed by atoms with Gasteiger partial charge in [0.25, 0.3) is 0 Å². The molecule has 71 heavy (non-hydrogen) atoms. The number of hydrogen-bond acceptors (Lipinski definition) is 6. The van der Waals surface area contributed by atoms with Crippen molar-refractivity contribution in [1.29, 1.82) is 0 Å². The second kappa shape index (κ2) is 58.6. The minimum atomic E-state index is -0.801. The maximum atomic E-state index is 12.9. The van der Waals surface area contributed by atoms with E-state index in [9.17, 15) is 14.4 Å². The molecule has 0 aliphatic carbocycles. The van der Waals surface area contributed by atoms with Gasteiger partial charge in [0, 0.05) is 19.3 Å². The van der Waals surface area contributed by atoms with Crippen molar-refractivity contribution < 1.29 is 28.6 Å². The number of allylic oxidation sites excluding steroid dienone is 18. The third-order valence-electron chi connectivity index (χ3n) is 12.3. The van der Waals surface area contributed by atoms with Gasteiger partial charge in [0.1, 0.15) is 13.2 Å². The Balaban J connectivity index is 4.47. The van der Waals surface area contributed by atoms with Gasteiger partial charge in [-0.2, -0.15) is 0 Å². The zero-order chi connectivity index (χ0) is 51.4. The molecule has 0 aromatic rings. The van der Waals surface area contributed by atoms with Crippen LogP contribution in [0.3, 0.4) is 0 Å². The molecule has 404 valence electrons. The van der Waals surface area contributed by atoms with Crippen LogP contribution in [-0.2, 0) is 28.6 Å². The summed E-state index contributed by atoms with van der Waals surface area (Å²) < 4.78 is 16.9. The summed E-state index contributed by atoms with van der Waals surface area (Å²) in [6, 6.07) is 0. The van der Waals surface area contributed by atoms with E-state index in [-0.39, 0.29) is 31.1 Å². The fourth-order valence-corrected chi connectivity index (χ4v) is 7.86. The highest BCUT2D eigenvalue weighted by atomic mass is 16.6. The van der Waals surface area contributed by atoms with Crippen LogP contribution in [0.2, 0.25) is 0 Å². The second-order valence-electron chi connectivity index (χ2n) is 19.2. The Labute approximate surface area is 438 Å². The fraction of sp³-hybridized carbons (Fsp3) is 0.677. The first kappa shape index (κ1) is 67.1. The molecule has 0 rings (SSSR count). The summed E-state index contributed by atoms with van der Waals surface area (Å²) in [4.78, 5) is 38.2. The van der Waals surface area contributed by atoms with Gasteiger partial charge in [0.2, 0.25) is 0 Å². The van der Waals surface area contributed by atoms with Gasteiger partial charge in [0.15, 0.2) is 6.10 Å².